The number of aryl methyl sites for hydroxylation is 2. The number of imidazole rings is 1. The molecular formula is C25H22ClN5O3. The first kappa shape index (κ1) is 21.9. The second-order valence-electron chi connectivity index (χ2n) is 8.24. The lowest BCUT2D eigenvalue weighted by molar-refractivity contribution is 0.0989. The van der Waals surface area contributed by atoms with Gasteiger partial charge in [-0.25, -0.2) is 9.97 Å². The molecule has 0 saturated heterocycles. The lowest BCUT2D eigenvalue weighted by Crippen LogP contribution is -2.32. The van der Waals surface area contributed by atoms with Gasteiger partial charge in [0.05, 0.1) is 18.5 Å². The van der Waals surface area contributed by atoms with Crippen LogP contribution >= 0.6 is 11.6 Å². The molecule has 1 amide bonds. The molecule has 0 N–H and O–H groups in total. The van der Waals surface area contributed by atoms with E-state index in [-0.39, 0.29) is 11.5 Å². The van der Waals surface area contributed by atoms with Crippen LogP contribution in [0.5, 0.6) is 5.88 Å². The first-order chi connectivity index (χ1) is 16.3. The van der Waals surface area contributed by atoms with Crippen molar-refractivity contribution < 1.29 is 9.53 Å². The van der Waals surface area contributed by atoms with Crippen molar-refractivity contribution in [2.75, 3.05) is 12.0 Å². The van der Waals surface area contributed by atoms with Gasteiger partial charge in [0.2, 0.25) is 5.88 Å². The number of nitrogens with zero attached hydrogens (tertiary/aromatic N) is 5. The number of benzene rings is 1. The Bertz CT molecular complexity index is 1450. The highest BCUT2D eigenvalue weighted by Crippen LogP contribution is 2.43. The zero-order valence-electron chi connectivity index (χ0n) is 19.1. The third-order valence-electron chi connectivity index (χ3n) is 6.09. The zero-order valence-corrected chi connectivity index (χ0v) is 19.9. The predicted molar refractivity (Wildman–Crippen MR) is 130 cm³/mol. The van der Waals surface area contributed by atoms with Crippen molar-refractivity contribution >= 4 is 23.2 Å². The molecule has 0 aliphatic carbocycles. The topological polar surface area (TPSA) is 82.2 Å². The molecule has 1 aliphatic heterocycles. The van der Waals surface area contributed by atoms with Gasteiger partial charge in [0, 0.05) is 48.7 Å². The van der Waals surface area contributed by atoms with Crippen molar-refractivity contribution in [1.29, 1.82) is 0 Å². The first-order valence-electron chi connectivity index (χ1n) is 10.6. The second kappa shape index (κ2) is 8.14. The molecule has 5 rings (SSSR count). The molecule has 0 bridgehead atoms. The number of carbonyl (C=O) groups excluding carboxylic acids is 1. The Morgan fingerprint density at radius 2 is 1.79 bits per heavy atom. The van der Waals surface area contributed by atoms with Gasteiger partial charge >= 0.3 is 0 Å². The molecule has 4 aromatic rings. The summed E-state index contributed by atoms with van der Waals surface area (Å²) in [5.74, 6) is 0.886. The Hall–Kier alpha value is -3.91. The van der Waals surface area contributed by atoms with Crippen LogP contribution in [0.15, 0.2) is 59.7 Å². The second-order valence-corrected chi connectivity index (χ2v) is 8.68. The van der Waals surface area contributed by atoms with Crippen molar-refractivity contribution in [1.82, 2.24) is 19.1 Å². The van der Waals surface area contributed by atoms with E-state index in [0.29, 0.717) is 33.7 Å². The summed E-state index contributed by atoms with van der Waals surface area (Å²) in [6.45, 7) is 1.74. The van der Waals surface area contributed by atoms with Gasteiger partial charge in [-0.1, -0.05) is 23.7 Å². The molecule has 3 aromatic heterocycles. The van der Waals surface area contributed by atoms with Crippen molar-refractivity contribution in [3.8, 4) is 17.3 Å². The minimum absolute atomic E-state index is 0.108. The largest absolute Gasteiger partial charge is 0.481 e. The van der Waals surface area contributed by atoms with Crippen molar-refractivity contribution in [2.24, 2.45) is 14.1 Å². The Balaban J connectivity index is 1.70. The molecular weight excluding hydrogens is 454 g/mol. The Labute approximate surface area is 201 Å². The molecule has 0 saturated carbocycles. The van der Waals surface area contributed by atoms with E-state index in [1.165, 1.54) is 4.57 Å². The SMILES string of the molecule is COc1ccc(-c2nc3c(n2C)C(c2ccc(Cl)cc2)N(c2cc(C)c(=O)n(C)c2)C3=O)cn1. The lowest BCUT2D eigenvalue weighted by Gasteiger charge is -2.27. The third-order valence-corrected chi connectivity index (χ3v) is 6.35. The van der Waals surface area contributed by atoms with Crippen LogP contribution in [0.25, 0.3) is 11.4 Å². The Kier molecular flexibility index (Phi) is 5.25. The molecule has 1 unspecified atom stereocenters. The number of hydrogen-bond donors (Lipinski definition) is 0. The van der Waals surface area contributed by atoms with E-state index < -0.39 is 6.04 Å². The summed E-state index contributed by atoms with van der Waals surface area (Å²) in [5, 5.41) is 0.604. The fraction of sp³-hybridized carbons (Fsp3) is 0.200. The van der Waals surface area contributed by atoms with Gasteiger partial charge in [-0.15, -0.1) is 0 Å². The summed E-state index contributed by atoms with van der Waals surface area (Å²) in [6.07, 6.45) is 3.35. The predicted octanol–water partition coefficient (Wildman–Crippen LogP) is 3.90. The van der Waals surface area contributed by atoms with Crippen LogP contribution in [0.1, 0.15) is 33.4 Å². The number of aromatic nitrogens is 4. The molecule has 4 heterocycles. The van der Waals surface area contributed by atoms with Gasteiger partial charge in [0.25, 0.3) is 11.5 Å². The quantitative estimate of drug-likeness (QED) is 0.447. The highest BCUT2D eigenvalue weighted by atomic mass is 35.5. The summed E-state index contributed by atoms with van der Waals surface area (Å²) in [7, 11) is 5.12. The number of anilines is 1. The fourth-order valence-corrected chi connectivity index (χ4v) is 4.56. The van der Waals surface area contributed by atoms with E-state index in [0.717, 1.165) is 16.8 Å². The summed E-state index contributed by atoms with van der Waals surface area (Å²) >= 11 is 6.15. The van der Waals surface area contributed by atoms with E-state index >= 15 is 0 Å². The van der Waals surface area contributed by atoms with Gasteiger partial charge in [0.15, 0.2) is 5.69 Å². The zero-order chi connectivity index (χ0) is 24.1. The fourth-order valence-electron chi connectivity index (χ4n) is 4.43. The first-order valence-corrected chi connectivity index (χ1v) is 11.0. The van der Waals surface area contributed by atoms with Gasteiger partial charge < -0.3 is 13.9 Å². The van der Waals surface area contributed by atoms with Gasteiger partial charge in [-0.05, 0) is 36.8 Å². The van der Waals surface area contributed by atoms with Gasteiger partial charge in [0.1, 0.15) is 11.9 Å². The number of methoxy groups -OCH3 is 1. The van der Waals surface area contributed by atoms with Crippen LogP contribution in [0, 0.1) is 6.92 Å². The summed E-state index contributed by atoms with van der Waals surface area (Å²) in [6, 6.07) is 12.3. The lowest BCUT2D eigenvalue weighted by atomic mass is 10.0. The minimum atomic E-state index is -0.450. The molecule has 0 radical (unpaired) electrons. The number of rotatable bonds is 4. The van der Waals surface area contributed by atoms with E-state index in [2.05, 4.69) is 4.98 Å². The number of pyridine rings is 2. The van der Waals surface area contributed by atoms with Gasteiger partial charge in [-0.3, -0.25) is 14.5 Å². The molecule has 0 fully saturated rings. The molecule has 172 valence electrons. The average Bonchev–Trinajstić information content (AvgIpc) is 3.32. The molecule has 1 aliphatic rings. The van der Waals surface area contributed by atoms with E-state index in [1.807, 2.05) is 29.8 Å². The highest BCUT2D eigenvalue weighted by Gasteiger charge is 2.43. The molecule has 0 spiro atoms. The molecule has 9 heteroatoms. The van der Waals surface area contributed by atoms with Crippen LogP contribution in [0.2, 0.25) is 5.02 Å². The Morgan fingerprint density at radius 3 is 2.41 bits per heavy atom. The maximum absolute atomic E-state index is 13.8. The molecule has 1 atom stereocenters. The average molecular weight is 476 g/mol. The van der Waals surface area contributed by atoms with E-state index in [4.69, 9.17) is 21.3 Å². The maximum atomic E-state index is 13.8. The normalized spacial score (nSPS) is 15.0. The van der Waals surface area contributed by atoms with Crippen LogP contribution in [0.4, 0.5) is 5.69 Å². The standard InChI is InChI=1S/C25H22ClN5O3/c1-14-11-18(13-29(2)24(14)32)31-21(15-5-8-17(26)9-6-15)22-20(25(31)33)28-23(30(22)3)16-7-10-19(34-4)27-12-16/h5-13,21H,1-4H3. The van der Waals surface area contributed by atoms with Gasteiger partial charge in [-0.2, -0.15) is 0 Å². The summed E-state index contributed by atoms with van der Waals surface area (Å²) in [4.78, 5) is 36.7. The smallest absolute Gasteiger partial charge is 0.279 e. The third kappa shape index (κ3) is 3.38. The minimum Gasteiger partial charge on any atom is -0.481 e. The summed E-state index contributed by atoms with van der Waals surface area (Å²) in [5.41, 5.74) is 3.83. The Morgan fingerprint density at radius 1 is 1.06 bits per heavy atom. The molecule has 1 aromatic carbocycles. The van der Waals surface area contributed by atoms with Crippen LogP contribution < -0.4 is 15.2 Å². The van der Waals surface area contributed by atoms with Crippen molar-refractivity contribution in [3.63, 3.8) is 0 Å². The van der Waals surface area contributed by atoms with Crippen molar-refractivity contribution in [2.45, 2.75) is 13.0 Å². The van der Waals surface area contributed by atoms with Crippen molar-refractivity contribution in [3.05, 3.63) is 92.7 Å². The van der Waals surface area contributed by atoms with Crippen LogP contribution in [0.3, 0.4) is 0 Å². The number of ether oxygens (including phenoxy) is 1. The molecule has 34 heavy (non-hydrogen) atoms. The highest BCUT2D eigenvalue weighted by molar-refractivity contribution is 6.30. The number of halogens is 1. The van der Waals surface area contributed by atoms with E-state index in [9.17, 15) is 9.59 Å². The number of fused-ring (bicyclic) bond motifs is 1. The number of hydrogen-bond acceptors (Lipinski definition) is 5. The number of amides is 1. The van der Waals surface area contributed by atoms with E-state index in [1.54, 1.807) is 62.6 Å². The maximum Gasteiger partial charge on any atom is 0.279 e. The molecule has 8 nitrogen and oxygen atoms in total. The summed E-state index contributed by atoms with van der Waals surface area (Å²) < 4.78 is 8.56. The van der Waals surface area contributed by atoms with Crippen LogP contribution in [-0.4, -0.2) is 32.1 Å². The number of carbonyl (C=O) groups is 1. The monoisotopic (exact) mass is 475 g/mol. The van der Waals surface area contributed by atoms with Crippen LogP contribution in [-0.2, 0) is 14.1 Å².